The predicted molar refractivity (Wildman–Crippen MR) is 77.8 cm³/mol. The van der Waals surface area contributed by atoms with Crippen molar-refractivity contribution in [3.8, 4) is 0 Å². The summed E-state index contributed by atoms with van der Waals surface area (Å²) in [6, 6.07) is -0.629. The van der Waals surface area contributed by atoms with Crippen molar-refractivity contribution < 1.29 is 19.5 Å². The molecule has 1 rings (SSSR count). The summed E-state index contributed by atoms with van der Waals surface area (Å²) in [5.74, 6) is -1.46. The number of hydrogen-bond donors (Lipinski definition) is 4. The first-order valence-electron chi connectivity index (χ1n) is 7.36. The number of aliphatic carboxylic acids is 1. The topological polar surface area (TPSA) is 108 Å². The second kappa shape index (κ2) is 7.28. The lowest BCUT2D eigenvalue weighted by molar-refractivity contribution is -0.148. The Morgan fingerprint density at radius 1 is 1.29 bits per heavy atom. The normalized spacial score (nSPS) is 25.2. The Morgan fingerprint density at radius 2 is 1.95 bits per heavy atom. The van der Waals surface area contributed by atoms with Crippen LogP contribution in [0.3, 0.4) is 0 Å². The standard InChI is InChI=1S/C14H25N3O4/c1-9(2)16-11(18)8-15-13(21)17-14(12(19)20)7-5-4-6-10(14)3/h9-10H,4-8H2,1-3H3,(H,16,18)(H,19,20)(H2,15,17,21). The molecule has 0 radical (unpaired) electrons. The zero-order valence-corrected chi connectivity index (χ0v) is 12.9. The number of carbonyl (C=O) groups is 3. The molecule has 2 unspecified atom stereocenters. The van der Waals surface area contributed by atoms with E-state index >= 15 is 0 Å². The van der Waals surface area contributed by atoms with Gasteiger partial charge >= 0.3 is 12.0 Å². The smallest absolute Gasteiger partial charge is 0.329 e. The average Bonchev–Trinajstić information content (AvgIpc) is 2.38. The number of nitrogens with one attached hydrogen (secondary N) is 3. The maximum Gasteiger partial charge on any atom is 0.329 e. The van der Waals surface area contributed by atoms with E-state index in [0.29, 0.717) is 6.42 Å². The Kier molecular flexibility index (Phi) is 5.99. The minimum absolute atomic E-state index is 0.00825. The Labute approximate surface area is 124 Å². The van der Waals surface area contributed by atoms with Gasteiger partial charge in [-0.1, -0.05) is 19.8 Å². The van der Waals surface area contributed by atoms with Crippen molar-refractivity contribution >= 4 is 17.9 Å². The summed E-state index contributed by atoms with van der Waals surface area (Å²) in [4.78, 5) is 34.9. The van der Waals surface area contributed by atoms with Crippen molar-refractivity contribution in [2.45, 2.75) is 58.0 Å². The first-order chi connectivity index (χ1) is 9.78. The van der Waals surface area contributed by atoms with Crippen LogP contribution < -0.4 is 16.0 Å². The van der Waals surface area contributed by atoms with Gasteiger partial charge in [-0.25, -0.2) is 9.59 Å². The molecule has 7 heteroatoms. The van der Waals surface area contributed by atoms with Crippen LogP contribution >= 0.6 is 0 Å². The van der Waals surface area contributed by atoms with Crippen LogP contribution in [0.1, 0.15) is 46.5 Å². The molecule has 0 saturated heterocycles. The molecule has 0 aromatic heterocycles. The van der Waals surface area contributed by atoms with Crippen LogP contribution in [0.4, 0.5) is 4.79 Å². The van der Waals surface area contributed by atoms with Gasteiger partial charge in [0.2, 0.25) is 5.91 Å². The number of urea groups is 1. The van der Waals surface area contributed by atoms with Gasteiger partial charge in [0, 0.05) is 6.04 Å². The third-order valence-corrected chi connectivity index (χ3v) is 3.88. The summed E-state index contributed by atoms with van der Waals surface area (Å²) in [5, 5.41) is 17.1. The molecule has 1 aliphatic carbocycles. The summed E-state index contributed by atoms with van der Waals surface area (Å²) in [6.07, 6.45) is 2.91. The van der Waals surface area contributed by atoms with E-state index in [2.05, 4.69) is 16.0 Å². The summed E-state index contributed by atoms with van der Waals surface area (Å²) in [6.45, 7) is 5.30. The zero-order chi connectivity index (χ0) is 16.0. The van der Waals surface area contributed by atoms with Gasteiger partial charge in [0.05, 0.1) is 6.54 Å². The summed E-state index contributed by atoms with van der Waals surface area (Å²) in [7, 11) is 0. The largest absolute Gasteiger partial charge is 0.479 e. The molecular formula is C14H25N3O4. The highest BCUT2D eigenvalue weighted by Crippen LogP contribution is 2.33. The molecule has 0 spiro atoms. The monoisotopic (exact) mass is 299 g/mol. The van der Waals surface area contributed by atoms with Gasteiger partial charge in [-0.2, -0.15) is 0 Å². The highest BCUT2D eigenvalue weighted by atomic mass is 16.4. The molecular weight excluding hydrogens is 274 g/mol. The lowest BCUT2D eigenvalue weighted by atomic mass is 9.73. The van der Waals surface area contributed by atoms with E-state index in [1.54, 1.807) is 0 Å². The molecule has 21 heavy (non-hydrogen) atoms. The molecule has 7 nitrogen and oxygen atoms in total. The SMILES string of the molecule is CC(C)NC(=O)CNC(=O)NC1(C(=O)O)CCCCC1C. The van der Waals surface area contributed by atoms with Gasteiger partial charge in [0.1, 0.15) is 5.54 Å². The van der Waals surface area contributed by atoms with E-state index in [0.717, 1.165) is 19.3 Å². The Morgan fingerprint density at radius 3 is 2.48 bits per heavy atom. The second-order valence-electron chi connectivity index (χ2n) is 5.95. The third kappa shape index (κ3) is 4.61. The average molecular weight is 299 g/mol. The summed E-state index contributed by atoms with van der Waals surface area (Å²) >= 11 is 0. The molecule has 1 aliphatic rings. The number of carbonyl (C=O) groups excluding carboxylic acids is 2. The zero-order valence-electron chi connectivity index (χ0n) is 12.9. The van der Waals surface area contributed by atoms with E-state index in [4.69, 9.17) is 0 Å². The first kappa shape index (κ1) is 17.3. The van der Waals surface area contributed by atoms with Gasteiger partial charge in [0.25, 0.3) is 0 Å². The van der Waals surface area contributed by atoms with Crippen molar-refractivity contribution in [1.82, 2.24) is 16.0 Å². The minimum Gasteiger partial charge on any atom is -0.479 e. The van der Waals surface area contributed by atoms with Crippen molar-refractivity contribution in [3.05, 3.63) is 0 Å². The lowest BCUT2D eigenvalue weighted by Crippen LogP contribution is -2.62. The molecule has 2 atom stereocenters. The Hall–Kier alpha value is -1.79. The van der Waals surface area contributed by atoms with Gasteiger partial charge in [-0.05, 0) is 32.6 Å². The molecule has 120 valence electrons. The molecule has 1 fully saturated rings. The van der Waals surface area contributed by atoms with E-state index in [-0.39, 0.29) is 24.4 Å². The van der Waals surface area contributed by atoms with Crippen LogP contribution in [0.15, 0.2) is 0 Å². The maximum atomic E-state index is 11.9. The fourth-order valence-corrected chi connectivity index (χ4v) is 2.68. The summed E-state index contributed by atoms with van der Waals surface area (Å²) < 4.78 is 0. The van der Waals surface area contributed by atoms with Crippen molar-refractivity contribution in [3.63, 3.8) is 0 Å². The molecule has 4 N–H and O–H groups in total. The maximum absolute atomic E-state index is 11.9. The first-order valence-corrected chi connectivity index (χ1v) is 7.36. The van der Waals surface area contributed by atoms with E-state index in [9.17, 15) is 19.5 Å². The van der Waals surface area contributed by atoms with Crippen LogP contribution in [-0.2, 0) is 9.59 Å². The fourth-order valence-electron chi connectivity index (χ4n) is 2.68. The van der Waals surface area contributed by atoms with Crippen LogP contribution in [0.25, 0.3) is 0 Å². The number of rotatable bonds is 5. The molecule has 0 heterocycles. The number of carboxylic acid groups (broad SMARTS) is 1. The lowest BCUT2D eigenvalue weighted by Gasteiger charge is -2.39. The van der Waals surface area contributed by atoms with Crippen molar-refractivity contribution in [2.24, 2.45) is 5.92 Å². The van der Waals surface area contributed by atoms with Gasteiger partial charge in [-0.3, -0.25) is 4.79 Å². The molecule has 1 saturated carbocycles. The van der Waals surface area contributed by atoms with Crippen molar-refractivity contribution in [2.75, 3.05) is 6.54 Å². The predicted octanol–water partition coefficient (Wildman–Crippen LogP) is 0.844. The molecule has 0 aliphatic heterocycles. The molecule has 0 bridgehead atoms. The minimum atomic E-state index is -1.24. The highest BCUT2D eigenvalue weighted by Gasteiger charge is 2.46. The Bertz CT molecular complexity index is 411. The van der Waals surface area contributed by atoms with Crippen LogP contribution in [0, 0.1) is 5.92 Å². The van der Waals surface area contributed by atoms with Crippen LogP contribution in [0.5, 0.6) is 0 Å². The number of carboxylic acids is 1. The van der Waals surface area contributed by atoms with Gasteiger partial charge in [-0.15, -0.1) is 0 Å². The van der Waals surface area contributed by atoms with E-state index < -0.39 is 17.5 Å². The summed E-state index contributed by atoms with van der Waals surface area (Å²) in [5.41, 5.74) is -1.24. The number of hydrogen-bond acceptors (Lipinski definition) is 3. The van der Waals surface area contributed by atoms with Gasteiger partial charge in [0.15, 0.2) is 0 Å². The van der Waals surface area contributed by atoms with Crippen LogP contribution in [0.2, 0.25) is 0 Å². The highest BCUT2D eigenvalue weighted by molar-refractivity contribution is 5.89. The van der Waals surface area contributed by atoms with Crippen molar-refractivity contribution in [1.29, 1.82) is 0 Å². The quantitative estimate of drug-likeness (QED) is 0.603. The number of amides is 3. The molecule has 0 aromatic carbocycles. The third-order valence-electron chi connectivity index (χ3n) is 3.88. The van der Waals surface area contributed by atoms with E-state index in [1.165, 1.54) is 0 Å². The van der Waals surface area contributed by atoms with Crippen LogP contribution in [-0.4, -0.2) is 41.1 Å². The second-order valence-corrected chi connectivity index (χ2v) is 5.95. The molecule has 0 aromatic rings. The fraction of sp³-hybridized carbons (Fsp3) is 0.786. The Balaban J connectivity index is 2.58. The van der Waals surface area contributed by atoms with E-state index in [1.807, 2.05) is 20.8 Å². The molecule has 3 amide bonds. The van der Waals surface area contributed by atoms with Gasteiger partial charge < -0.3 is 21.1 Å².